The molecule has 0 radical (unpaired) electrons. The Labute approximate surface area is 134 Å². The summed E-state index contributed by atoms with van der Waals surface area (Å²) in [7, 11) is -0.653. The van der Waals surface area contributed by atoms with Crippen LogP contribution in [0.3, 0.4) is 0 Å². The van der Waals surface area contributed by atoms with Crippen LogP contribution in [0.25, 0.3) is 10.9 Å². The van der Waals surface area contributed by atoms with Crippen molar-refractivity contribution >= 4 is 44.2 Å². The molecule has 0 amide bonds. The highest BCUT2D eigenvalue weighted by Gasteiger charge is 2.24. The highest BCUT2D eigenvalue weighted by atomic mass is 35.5. The Balaban J connectivity index is 2.58. The van der Waals surface area contributed by atoms with Gasteiger partial charge in [0.1, 0.15) is 0 Å². The second-order valence-corrected chi connectivity index (χ2v) is 6.97. The van der Waals surface area contributed by atoms with Gasteiger partial charge in [-0.2, -0.15) is 0 Å². The fourth-order valence-corrected chi connectivity index (χ4v) is 3.72. The third kappa shape index (κ3) is 3.20. The first kappa shape index (κ1) is 16.6. The van der Waals surface area contributed by atoms with Crippen LogP contribution in [0, 0.1) is 0 Å². The minimum absolute atomic E-state index is 0.111. The average molecular weight is 345 g/mol. The third-order valence-electron chi connectivity index (χ3n) is 3.29. The molecule has 22 heavy (non-hydrogen) atoms. The lowest BCUT2D eigenvalue weighted by molar-refractivity contribution is 0.0592. The number of methoxy groups -OCH3 is 1. The van der Waals surface area contributed by atoms with Crippen molar-refractivity contribution in [3.8, 4) is 0 Å². The second kappa shape index (κ2) is 6.58. The molecule has 0 aliphatic carbocycles. The van der Waals surface area contributed by atoms with Crippen molar-refractivity contribution in [2.24, 2.45) is 7.05 Å². The van der Waals surface area contributed by atoms with Crippen molar-refractivity contribution in [3.63, 3.8) is 0 Å². The summed E-state index contributed by atoms with van der Waals surface area (Å²) in [4.78, 5) is 12.0. The molecule has 1 aromatic heterocycles. The number of halogens is 1. The molecule has 0 unspecified atom stereocenters. The molecule has 0 fully saturated rings. The molecule has 0 saturated carbocycles. The maximum Gasteiger partial charge on any atom is 0.356 e. The summed E-state index contributed by atoms with van der Waals surface area (Å²) in [6.07, 6.45) is 0.329. The van der Waals surface area contributed by atoms with Gasteiger partial charge in [0.25, 0.3) is 0 Å². The van der Waals surface area contributed by atoms with Crippen molar-refractivity contribution in [2.75, 3.05) is 23.5 Å². The van der Waals surface area contributed by atoms with Crippen LogP contribution in [-0.2, 0) is 21.8 Å². The molecule has 1 heterocycles. The number of ether oxygens (including phenoxy) is 1. The van der Waals surface area contributed by atoms with E-state index in [9.17, 15) is 13.2 Å². The lowest BCUT2D eigenvalue weighted by Gasteiger charge is -2.09. The summed E-state index contributed by atoms with van der Waals surface area (Å²) in [5.74, 6) is -0.463. The van der Waals surface area contributed by atoms with E-state index in [0.29, 0.717) is 11.8 Å². The molecular weight excluding hydrogens is 328 g/mol. The second-order valence-electron chi connectivity index (χ2n) is 4.75. The number of alkyl halides is 1. The van der Waals surface area contributed by atoms with Gasteiger partial charge < -0.3 is 9.30 Å². The summed E-state index contributed by atoms with van der Waals surface area (Å²) in [5.41, 5.74) is 1.13. The third-order valence-corrected chi connectivity index (χ3v) is 4.90. The van der Waals surface area contributed by atoms with Gasteiger partial charge in [-0.05, 0) is 12.5 Å². The minimum atomic E-state index is -3.59. The molecule has 120 valence electrons. The van der Waals surface area contributed by atoms with E-state index in [1.165, 1.54) is 7.11 Å². The number of nitrogens with one attached hydrogen (secondary N) is 1. The molecule has 0 aliphatic heterocycles. The molecule has 0 spiro atoms. The first-order chi connectivity index (χ1) is 10.4. The van der Waals surface area contributed by atoms with Gasteiger partial charge in [-0.25, -0.2) is 13.2 Å². The number of para-hydroxylation sites is 1. The van der Waals surface area contributed by atoms with E-state index in [2.05, 4.69) is 4.72 Å². The van der Waals surface area contributed by atoms with Crippen LogP contribution in [0.4, 0.5) is 5.69 Å². The zero-order valence-electron chi connectivity index (χ0n) is 12.3. The molecule has 6 nitrogen and oxygen atoms in total. The predicted octanol–water partition coefficient (Wildman–Crippen LogP) is 2.34. The van der Waals surface area contributed by atoms with Gasteiger partial charge in [-0.3, -0.25) is 4.72 Å². The lowest BCUT2D eigenvalue weighted by atomic mass is 10.2. The number of aromatic nitrogens is 1. The van der Waals surface area contributed by atoms with Gasteiger partial charge >= 0.3 is 5.97 Å². The minimum Gasteiger partial charge on any atom is -0.464 e. The number of hydrogen-bond donors (Lipinski definition) is 1. The van der Waals surface area contributed by atoms with Gasteiger partial charge in [-0.1, -0.05) is 18.2 Å². The number of nitrogens with zero attached hydrogens (tertiary/aromatic N) is 1. The van der Waals surface area contributed by atoms with Gasteiger partial charge in [0.05, 0.1) is 24.1 Å². The van der Waals surface area contributed by atoms with E-state index >= 15 is 0 Å². The monoisotopic (exact) mass is 344 g/mol. The molecular formula is C14H17ClN2O4S. The molecule has 2 rings (SSSR count). The molecule has 8 heteroatoms. The Hall–Kier alpha value is -1.73. The van der Waals surface area contributed by atoms with E-state index in [0.717, 1.165) is 5.52 Å². The fraction of sp³-hybridized carbons (Fsp3) is 0.357. The number of esters is 1. The first-order valence-corrected chi connectivity index (χ1v) is 8.82. The lowest BCUT2D eigenvalue weighted by Crippen LogP contribution is -2.19. The highest BCUT2D eigenvalue weighted by molar-refractivity contribution is 7.92. The molecule has 1 aromatic carbocycles. The highest BCUT2D eigenvalue weighted by Crippen LogP contribution is 2.31. The van der Waals surface area contributed by atoms with Crippen molar-refractivity contribution in [1.82, 2.24) is 4.57 Å². The standard InChI is InChI=1S/C14H17ClN2O4S/c1-17-11-7-4-3-6-10(11)12(13(17)14(18)21-2)16-22(19,20)9-5-8-15/h3-4,6-7,16H,5,8-9H2,1-2H3. The number of aryl methyl sites for hydroxylation is 1. The summed E-state index contributed by atoms with van der Waals surface area (Å²) in [6, 6.07) is 7.15. The molecule has 0 saturated heterocycles. The number of carbonyl (C=O) groups is 1. The summed E-state index contributed by atoms with van der Waals surface area (Å²) >= 11 is 5.54. The van der Waals surface area contributed by atoms with Gasteiger partial charge in [-0.15, -0.1) is 11.6 Å². The number of anilines is 1. The Morgan fingerprint density at radius 3 is 2.68 bits per heavy atom. The topological polar surface area (TPSA) is 77.4 Å². The van der Waals surface area contributed by atoms with Crippen molar-refractivity contribution in [3.05, 3.63) is 30.0 Å². The average Bonchev–Trinajstić information content (AvgIpc) is 2.77. The van der Waals surface area contributed by atoms with Crippen LogP contribution < -0.4 is 4.72 Å². The number of hydrogen-bond acceptors (Lipinski definition) is 4. The quantitative estimate of drug-likeness (QED) is 0.644. The maximum atomic E-state index is 12.1. The first-order valence-electron chi connectivity index (χ1n) is 6.63. The van der Waals surface area contributed by atoms with Crippen molar-refractivity contribution < 1.29 is 17.9 Å². The molecule has 1 N–H and O–H groups in total. The van der Waals surface area contributed by atoms with Crippen molar-refractivity contribution in [1.29, 1.82) is 0 Å². The van der Waals surface area contributed by atoms with Crippen LogP contribution in [0.1, 0.15) is 16.9 Å². The number of sulfonamides is 1. The number of benzene rings is 1. The Morgan fingerprint density at radius 1 is 1.36 bits per heavy atom. The van der Waals surface area contributed by atoms with E-state index in [4.69, 9.17) is 16.3 Å². The molecule has 0 bridgehead atoms. The SMILES string of the molecule is COC(=O)c1c(NS(=O)(=O)CCCCl)c2ccccc2n1C. The number of carbonyl (C=O) groups excluding carboxylic acids is 1. The Kier molecular flexibility index (Phi) is 4.97. The normalized spacial score (nSPS) is 11.6. The smallest absolute Gasteiger partial charge is 0.356 e. The van der Waals surface area contributed by atoms with E-state index in [1.807, 2.05) is 6.07 Å². The summed E-state index contributed by atoms with van der Waals surface area (Å²) in [5, 5.41) is 0.639. The van der Waals surface area contributed by atoms with Gasteiger partial charge in [0.15, 0.2) is 5.69 Å². The van der Waals surface area contributed by atoms with E-state index < -0.39 is 16.0 Å². The summed E-state index contributed by atoms with van der Waals surface area (Å²) < 4.78 is 33.2. The van der Waals surface area contributed by atoms with Crippen LogP contribution in [-0.4, -0.2) is 37.7 Å². The van der Waals surface area contributed by atoms with Crippen LogP contribution >= 0.6 is 11.6 Å². The zero-order valence-corrected chi connectivity index (χ0v) is 13.9. The largest absolute Gasteiger partial charge is 0.464 e. The van der Waals surface area contributed by atoms with E-state index in [-0.39, 0.29) is 23.0 Å². The predicted molar refractivity (Wildman–Crippen MR) is 87.0 cm³/mol. The Morgan fingerprint density at radius 2 is 2.05 bits per heavy atom. The molecule has 0 atom stereocenters. The maximum absolute atomic E-state index is 12.1. The number of fused-ring (bicyclic) bond motifs is 1. The van der Waals surface area contributed by atoms with Crippen molar-refractivity contribution in [2.45, 2.75) is 6.42 Å². The zero-order chi connectivity index (χ0) is 16.3. The Bertz CT molecular complexity index is 799. The van der Waals surface area contributed by atoms with Crippen LogP contribution in [0.15, 0.2) is 24.3 Å². The molecule has 0 aliphatic rings. The number of rotatable bonds is 6. The van der Waals surface area contributed by atoms with Crippen LogP contribution in [0.5, 0.6) is 0 Å². The van der Waals surface area contributed by atoms with Gasteiger partial charge in [0, 0.05) is 18.3 Å². The van der Waals surface area contributed by atoms with E-state index in [1.54, 1.807) is 29.8 Å². The fourth-order valence-electron chi connectivity index (χ4n) is 2.28. The van der Waals surface area contributed by atoms with Gasteiger partial charge in [0.2, 0.25) is 10.0 Å². The molecule has 2 aromatic rings. The van der Waals surface area contributed by atoms with Crippen LogP contribution in [0.2, 0.25) is 0 Å². The summed E-state index contributed by atoms with van der Waals surface area (Å²) in [6.45, 7) is 0.